The topological polar surface area (TPSA) is 72.2 Å². The van der Waals surface area contributed by atoms with Crippen LogP contribution < -0.4 is 5.32 Å². The minimum atomic E-state index is -0.508. The molecular weight excluding hydrogens is 332 g/mol. The smallest absolute Gasteiger partial charge is 0.284 e. The molecule has 0 aromatic heterocycles. The number of hydrogen-bond acceptors (Lipinski definition) is 3. The van der Waals surface area contributed by atoms with Gasteiger partial charge in [-0.05, 0) is 37.9 Å². The van der Waals surface area contributed by atoms with Gasteiger partial charge >= 0.3 is 0 Å². The molecule has 0 aliphatic rings. The van der Waals surface area contributed by atoms with Gasteiger partial charge in [-0.15, -0.1) is 0 Å². The summed E-state index contributed by atoms with van der Waals surface area (Å²) in [6.45, 7) is 1.36. The van der Waals surface area contributed by atoms with Crippen LogP contribution in [0, 0.1) is 10.1 Å². The fourth-order valence-corrected chi connectivity index (χ4v) is 1.88. The molecular formula is C8H6Br2N2O3. The maximum atomic E-state index is 10.8. The van der Waals surface area contributed by atoms with Crippen LogP contribution in [0.1, 0.15) is 6.92 Å². The zero-order valence-electron chi connectivity index (χ0n) is 7.58. The van der Waals surface area contributed by atoms with Crippen molar-refractivity contribution in [2.24, 2.45) is 0 Å². The van der Waals surface area contributed by atoms with Crippen molar-refractivity contribution in [2.75, 3.05) is 5.32 Å². The van der Waals surface area contributed by atoms with Crippen LogP contribution in [0.15, 0.2) is 21.1 Å². The Balaban J connectivity index is 3.19. The highest BCUT2D eigenvalue weighted by molar-refractivity contribution is 9.11. The van der Waals surface area contributed by atoms with Gasteiger partial charge in [0.2, 0.25) is 5.91 Å². The molecule has 0 saturated heterocycles. The van der Waals surface area contributed by atoms with Crippen molar-refractivity contribution in [1.29, 1.82) is 0 Å². The van der Waals surface area contributed by atoms with Gasteiger partial charge < -0.3 is 5.32 Å². The first-order valence-electron chi connectivity index (χ1n) is 3.83. The number of nitrogens with one attached hydrogen (secondary N) is 1. The Kier molecular flexibility index (Phi) is 3.81. The van der Waals surface area contributed by atoms with Crippen molar-refractivity contribution < 1.29 is 9.72 Å². The number of hydrogen-bond donors (Lipinski definition) is 1. The normalized spacial score (nSPS) is 9.80. The molecule has 80 valence electrons. The Morgan fingerprint density at radius 2 is 2.00 bits per heavy atom. The highest BCUT2D eigenvalue weighted by atomic mass is 79.9. The first-order chi connectivity index (χ1) is 6.91. The van der Waals surface area contributed by atoms with Gasteiger partial charge in [0.05, 0.1) is 15.1 Å². The van der Waals surface area contributed by atoms with Crippen molar-refractivity contribution in [3.63, 3.8) is 0 Å². The van der Waals surface area contributed by atoms with E-state index in [4.69, 9.17) is 0 Å². The average Bonchev–Trinajstić information content (AvgIpc) is 2.09. The standard InChI is InChI=1S/C8H6Br2N2O3/c1-4(13)11-7-2-6(10)8(12(14)15)3-5(7)9/h2-3H,1H3,(H,11,13). The number of nitro benzene ring substituents is 1. The minimum Gasteiger partial charge on any atom is -0.325 e. The van der Waals surface area contributed by atoms with Crippen LogP contribution >= 0.6 is 31.9 Å². The molecule has 0 aliphatic carbocycles. The summed E-state index contributed by atoms with van der Waals surface area (Å²) in [5, 5.41) is 13.1. The molecule has 1 rings (SSSR count). The predicted molar refractivity (Wildman–Crippen MR) is 62.8 cm³/mol. The quantitative estimate of drug-likeness (QED) is 0.665. The number of carbonyl (C=O) groups is 1. The van der Waals surface area contributed by atoms with Gasteiger partial charge in [-0.3, -0.25) is 14.9 Å². The minimum absolute atomic E-state index is 0.0593. The van der Waals surface area contributed by atoms with E-state index in [9.17, 15) is 14.9 Å². The van der Waals surface area contributed by atoms with E-state index in [1.165, 1.54) is 19.1 Å². The summed E-state index contributed by atoms with van der Waals surface area (Å²) in [5.41, 5.74) is 0.427. The Bertz CT molecular complexity index is 434. The van der Waals surface area contributed by atoms with E-state index in [1.807, 2.05) is 0 Å². The van der Waals surface area contributed by atoms with Gasteiger partial charge in [0.15, 0.2) is 0 Å². The molecule has 0 spiro atoms. The summed E-state index contributed by atoms with van der Waals surface area (Å²) >= 11 is 6.20. The van der Waals surface area contributed by atoms with Gasteiger partial charge in [-0.1, -0.05) is 0 Å². The van der Waals surface area contributed by atoms with Crippen LogP contribution in [0.25, 0.3) is 0 Å². The van der Waals surface area contributed by atoms with E-state index in [-0.39, 0.29) is 11.6 Å². The monoisotopic (exact) mass is 336 g/mol. The fourth-order valence-electron chi connectivity index (χ4n) is 0.962. The van der Waals surface area contributed by atoms with Gasteiger partial charge in [-0.25, -0.2) is 0 Å². The van der Waals surface area contributed by atoms with Crippen LogP contribution in [-0.4, -0.2) is 10.8 Å². The summed E-state index contributed by atoms with van der Waals surface area (Å²) in [6.07, 6.45) is 0. The van der Waals surface area contributed by atoms with E-state index in [0.29, 0.717) is 14.6 Å². The molecule has 5 nitrogen and oxygen atoms in total. The van der Waals surface area contributed by atoms with E-state index in [1.54, 1.807) is 0 Å². The Hall–Kier alpha value is -0.950. The third-order valence-electron chi connectivity index (χ3n) is 1.54. The lowest BCUT2D eigenvalue weighted by Crippen LogP contribution is -2.06. The molecule has 0 unspecified atom stereocenters. The summed E-state index contributed by atoms with van der Waals surface area (Å²) < 4.78 is 0.784. The molecule has 0 aliphatic heterocycles. The van der Waals surface area contributed by atoms with Crippen LogP contribution in [0.5, 0.6) is 0 Å². The highest BCUT2D eigenvalue weighted by Crippen LogP contribution is 2.34. The molecule has 1 aromatic rings. The number of rotatable bonds is 2. The van der Waals surface area contributed by atoms with Crippen LogP contribution in [0.2, 0.25) is 0 Å². The van der Waals surface area contributed by atoms with Crippen LogP contribution in [0.3, 0.4) is 0 Å². The summed E-state index contributed by atoms with van der Waals surface area (Å²) in [6, 6.07) is 2.80. The lowest BCUT2D eigenvalue weighted by molar-refractivity contribution is -0.385. The maximum absolute atomic E-state index is 10.8. The first kappa shape index (κ1) is 12.1. The zero-order chi connectivity index (χ0) is 11.6. The van der Waals surface area contributed by atoms with Gasteiger partial charge in [0, 0.05) is 17.5 Å². The molecule has 1 aromatic carbocycles. The molecule has 15 heavy (non-hydrogen) atoms. The molecule has 0 bridgehead atoms. The Morgan fingerprint density at radius 3 is 2.47 bits per heavy atom. The first-order valence-corrected chi connectivity index (χ1v) is 5.41. The largest absolute Gasteiger partial charge is 0.325 e. The predicted octanol–water partition coefficient (Wildman–Crippen LogP) is 3.08. The number of carbonyl (C=O) groups excluding carboxylic acids is 1. The number of nitro groups is 1. The maximum Gasteiger partial charge on any atom is 0.284 e. The molecule has 0 heterocycles. The lowest BCUT2D eigenvalue weighted by Gasteiger charge is -2.05. The van der Waals surface area contributed by atoms with Crippen molar-refractivity contribution in [3.05, 3.63) is 31.2 Å². The van der Waals surface area contributed by atoms with E-state index in [2.05, 4.69) is 37.2 Å². The fraction of sp³-hybridized carbons (Fsp3) is 0.125. The molecule has 0 saturated carbocycles. The number of halogens is 2. The lowest BCUT2D eigenvalue weighted by atomic mass is 10.3. The van der Waals surface area contributed by atoms with Crippen molar-refractivity contribution in [1.82, 2.24) is 0 Å². The molecule has 1 amide bonds. The molecule has 1 N–H and O–H groups in total. The van der Waals surface area contributed by atoms with Gasteiger partial charge in [-0.2, -0.15) is 0 Å². The number of anilines is 1. The van der Waals surface area contributed by atoms with Gasteiger partial charge in [0.1, 0.15) is 0 Å². The Labute approximate surface area is 102 Å². The number of benzene rings is 1. The number of amides is 1. The SMILES string of the molecule is CC(=O)Nc1cc(Br)c([N+](=O)[O-])cc1Br. The highest BCUT2D eigenvalue weighted by Gasteiger charge is 2.15. The summed E-state index contributed by atoms with van der Waals surface area (Å²) in [5.74, 6) is -0.239. The van der Waals surface area contributed by atoms with E-state index in [0.717, 1.165) is 0 Å². The molecule has 0 atom stereocenters. The van der Waals surface area contributed by atoms with Crippen molar-refractivity contribution >= 4 is 49.1 Å². The van der Waals surface area contributed by atoms with Crippen LogP contribution in [0.4, 0.5) is 11.4 Å². The molecule has 0 fully saturated rings. The second-order valence-electron chi connectivity index (χ2n) is 2.72. The third kappa shape index (κ3) is 3.00. The second kappa shape index (κ2) is 4.71. The van der Waals surface area contributed by atoms with E-state index >= 15 is 0 Å². The summed E-state index contributed by atoms with van der Waals surface area (Å²) in [4.78, 5) is 20.9. The van der Waals surface area contributed by atoms with Crippen molar-refractivity contribution in [2.45, 2.75) is 6.92 Å². The summed E-state index contributed by atoms with van der Waals surface area (Å²) in [7, 11) is 0. The molecule has 7 heteroatoms. The third-order valence-corrected chi connectivity index (χ3v) is 2.84. The zero-order valence-corrected chi connectivity index (χ0v) is 10.8. The Morgan fingerprint density at radius 1 is 1.40 bits per heavy atom. The number of nitrogens with zero attached hydrogens (tertiary/aromatic N) is 1. The second-order valence-corrected chi connectivity index (χ2v) is 4.43. The average molecular weight is 338 g/mol. The molecule has 0 radical (unpaired) electrons. The van der Waals surface area contributed by atoms with Crippen molar-refractivity contribution in [3.8, 4) is 0 Å². The van der Waals surface area contributed by atoms with E-state index < -0.39 is 4.92 Å². The van der Waals surface area contributed by atoms with Crippen LogP contribution in [-0.2, 0) is 4.79 Å². The van der Waals surface area contributed by atoms with Gasteiger partial charge in [0.25, 0.3) is 5.69 Å².